The second-order valence-electron chi connectivity index (χ2n) is 5.34. The first-order valence-electron chi connectivity index (χ1n) is 7.26. The maximum atomic E-state index is 11.5. The molecule has 0 spiro atoms. The van der Waals surface area contributed by atoms with E-state index in [4.69, 9.17) is 0 Å². The summed E-state index contributed by atoms with van der Waals surface area (Å²) >= 11 is 0. The molecule has 0 saturated heterocycles. The van der Waals surface area contributed by atoms with Crippen LogP contribution < -0.4 is 5.32 Å². The number of carbonyl (C=O) groups excluding carboxylic acids is 1. The Balaban J connectivity index is 2.25. The first kappa shape index (κ1) is 14.1. The van der Waals surface area contributed by atoms with Gasteiger partial charge in [0.1, 0.15) is 0 Å². The summed E-state index contributed by atoms with van der Waals surface area (Å²) in [5.41, 5.74) is 3.03. The first-order chi connectivity index (χ1) is 9.15. The van der Waals surface area contributed by atoms with Gasteiger partial charge in [-0.05, 0) is 36.0 Å². The maximum absolute atomic E-state index is 11.5. The van der Waals surface area contributed by atoms with Crippen molar-refractivity contribution in [3.05, 3.63) is 29.3 Å². The number of benzene rings is 1. The van der Waals surface area contributed by atoms with Crippen LogP contribution in [0.15, 0.2) is 18.2 Å². The monoisotopic (exact) mass is 261 g/mol. The van der Waals surface area contributed by atoms with Crippen LogP contribution in [0, 0.1) is 5.92 Å². The van der Waals surface area contributed by atoms with Crippen LogP contribution in [0.25, 0.3) is 0 Å². The number of rotatable bonds is 4. The minimum Gasteiger partial charge on any atom is -0.388 e. The molecular formula is C16H23NO2. The highest BCUT2D eigenvalue weighted by atomic mass is 16.3. The van der Waals surface area contributed by atoms with Crippen LogP contribution >= 0.6 is 0 Å². The lowest BCUT2D eigenvalue weighted by Crippen LogP contribution is -2.12. The fourth-order valence-electron chi connectivity index (χ4n) is 2.79. The van der Waals surface area contributed by atoms with E-state index in [1.54, 1.807) is 0 Å². The van der Waals surface area contributed by atoms with Crippen molar-refractivity contribution in [2.45, 2.75) is 52.1 Å². The molecule has 19 heavy (non-hydrogen) atoms. The Labute approximate surface area is 115 Å². The summed E-state index contributed by atoms with van der Waals surface area (Å²) in [4.78, 5) is 11.5. The molecule has 3 nitrogen and oxygen atoms in total. The van der Waals surface area contributed by atoms with Crippen LogP contribution in [0.1, 0.15) is 56.8 Å². The molecule has 0 aromatic heterocycles. The lowest BCUT2D eigenvalue weighted by atomic mass is 9.90. The van der Waals surface area contributed by atoms with E-state index in [0.29, 0.717) is 12.3 Å². The third-order valence-corrected chi connectivity index (χ3v) is 4.09. The zero-order valence-corrected chi connectivity index (χ0v) is 11.8. The van der Waals surface area contributed by atoms with Gasteiger partial charge in [-0.3, -0.25) is 4.79 Å². The second kappa shape index (κ2) is 6.20. The van der Waals surface area contributed by atoms with Crippen molar-refractivity contribution >= 4 is 11.6 Å². The number of hydrogen-bond donors (Lipinski definition) is 2. The second-order valence-corrected chi connectivity index (χ2v) is 5.34. The van der Waals surface area contributed by atoms with Crippen molar-refractivity contribution < 1.29 is 9.90 Å². The van der Waals surface area contributed by atoms with Gasteiger partial charge in [0, 0.05) is 12.1 Å². The summed E-state index contributed by atoms with van der Waals surface area (Å²) in [7, 11) is 0. The number of aliphatic hydroxyl groups excluding tert-OH is 1. The number of hydrogen-bond acceptors (Lipinski definition) is 2. The molecule has 1 aromatic carbocycles. The lowest BCUT2D eigenvalue weighted by molar-refractivity contribution is -0.116. The van der Waals surface area contributed by atoms with Gasteiger partial charge in [0.25, 0.3) is 0 Å². The Morgan fingerprint density at radius 2 is 2.00 bits per heavy atom. The van der Waals surface area contributed by atoms with Gasteiger partial charge in [-0.2, -0.15) is 0 Å². The average molecular weight is 261 g/mol. The standard InChI is InChI=1S/C16H23NO2/c1-3-11(4-2)16(19)13-8-9-14-12(10-13)6-5-7-15(18)17-14/h8-11,16,19H,3-7H2,1-2H3,(H,17,18). The first-order valence-corrected chi connectivity index (χ1v) is 7.26. The minimum absolute atomic E-state index is 0.0899. The van der Waals surface area contributed by atoms with Crippen molar-refractivity contribution in [3.8, 4) is 0 Å². The zero-order chi connectivity index (χ0) is 13.8. The number of aliphatic hydroxyl groups is 1. The summed E-state index contributed by atoms with van der Waals surface area (Å²) in [6.07, 6.45) is 3.91. The Bertz CT molecular complexity index is 452. The summed E-state index contributed by atoms with van der Waals surface area (Å²) in [6, 6.07) is 5.93. The number of anilines is 1. The van der Waals surface area contributed by atoms with E-state index in [-0.39, 0.29) is 5.91 Å². The topological polar surface area (TPSA) is 49.3 Å². The normalized spacial score (nSPS) is 16.7. The number of amides is 1. The Morgan fingerprint density at radius 3 is 2.68 bits per heavy atom. The van der Waals surface area contributed by atoms with E-state index < -0.39 is 6.10 Å². The van der Waals surface area contributed by atoms with Gasteiger partial charge in [-0.25, -0.2) is 0 Å². The van der Waals surface area contributed by atoms with Gasteiger partial charge in [0.15, 0.2) is 0 Å². The van der Waals surface area contributed by atoms with Crippen LogP contribution in [0.4, 0.5) is 5.69 Å². The third-order valence-electron chi connectivity index (χ3n) is 4.09. The maximum Gasteiger partial charge on any atom is 0.224 e. The van der Waals surface area contributed by atoms with Crippen molar-refractivity contribution in [1.82, 2.24) is 0 Å². The Kier molecular flexibility index (Phi) is 4.59. The summed E-state index contributed by atoms with van der Waals surface area (Å²) in [5.74, 6) is 0.394. The Hall–Kier alpha value is -1.35. The third kappa shape index (κ3) is 3.16. The smallest absolute Gasteiger partial charge is 0.224 e. The van der Waals surface area contributed by atoms with Gasteiger partial charge in [0.2, 0.25) is 5.91 Å². The molecule has 0 bridgehead atoms. The molecule has 1 aliphatic rings. The highest BCUT2D eigenvalue weighted by Gasteiger charge is 2.20. The van der Waals surface area contributed by atoms with Crippen LogP contribution in [-0.4, -0.2) is 11.0 Å². The highest BCUT2D eigenvalue weighted by molar-refractivity contribution is 5.92. The largest absolute Gasteiger partial charge is 0.388 e. The molecule has 3 heteroatoms. The molecule has 1 unspecified atom stereocenters. The van der Waals surface area contributed by atoms with Gasteiger partial charge < -0.3 is 10.4 Å². The molecule has 1 atom stereocenters. The van der Waals surface area contributed by atoms with Crippen molar-refractivity contribution in [3.63, 3.8) is 0 Å². The lowest BCUT2D eigenvalue weighted by Gasteiger charge is -2.21. The van der Waals surface area contributed by atoms with Crippen LogP contribution in [0.3, 0.4) is 0 Å². The SMILES string of the molecule is CCC(CC)C(O)c1ccc2c(c1)CCCC(=O)N2. The average Bonchev–Trinajstić information content (AvgIpc) is 2.59. The van der Waals surface area contributed by atoms with Crippen LogP contribution in [0.5, 0.6) is 0 Å². The number of aryl methyl sites for hydroxylation is 1. The number of nitrogens with one attached hydrogen (secondary N) is 1. The van der Waals surface area contributed by atoms with Gasteiger partial charge in [-0.1, -0.05) is 38.8 Å². The van der Waals surface area contributed by atoms with Crippen LogP contribution in [0.2, 0.25) is 0 Å². The molecule has 0 saturated carbocycles. The van der Waals surface area contributed by atoms with Crippen molar-refractivity contribution in [2.75, 3.05) is 5.32 Å². The van der Waals surface area contributed by atoms with Gasteiger partial charge in [-0.15, -0.1) is 0 Å². The number of fused-ring (bicyclic) bond motifs is 1. The highest BCUT2D eigenvalue weighted by Crippen LogP contribution is 2.31. The summed E-state index contributed by atoms with van der Waals surface area (Å²) in [6.45, 7) is 4.22. The Morgan fingerprint density at radius 1 is 1.26 bits per heavy atom. The molecule has 1 amide bonds. The van der Waals surface area contributed by atoms with E-state index in [2.05, 4.69) is 25.2 Å². The molecule has 1 aliphatic heterocycles. The van der Waals surface area contributed by atoms with Gasteiger partial charge in [0.05, 0.1) is 6.10 Å². The molecule has 0 fully saturated rings. The van der Waals surface area contributed by atoms with E-state index in [9.17, 15) is 9.90 Å². The van der Waals surface area contributed by atoms with E-state index in [1.807, 2.05) is 12.1 Å². The summed E-state index contributed by atoms with van der Waals surface area (Å²) in [5, 5.41) is 13.3. The fraction of sp³-hybridized carbons (Fsp3) is 0.562. The zero-order valence-electron chi connectivity index (χ0n) is 11.8. The molecule has 104 valence electrons. The molecule has 2 rings (SSSR count). The number of carbonyl (C=O) groups is 1. The van der Waals surface area contributed by atoms with Crippen molar-refractivity contribution in [2.24, 2.45) is 5.92 Å². The molecular weight excluding hydrogens is 238 g/mol. The molecule has 1 aromatic rings. The van der Waals surface area contributed by atoms with E-state index >= 15 is 0 Å². The van der Waals surface area contributed by atoms with Crippen LogP contribution in [-0.2, 0) is 11.2 Å². The molecule has 0 radical (unpaired) electrons. The van der Waals surface area contributed by atoms with E-state index in [1.165, 1.54) is 0 Å². The van der Waals surface area contributed by atoms with Crippen molar-refractivity contribution in [1.29, 1.82) is 0 Å². The molecule has 2 N–H and O–H groups in total. The fourth-order valence-corrected chi connectivity index (χ4v) is 2.79. The van der Waals surface area contributed by atoms with Gasteiger partial charge >= 0.3 is 0 Å². The summed E-state index contributed by atoms with van der Waals surface area (Å²) < 4.78 is 0. The quantitative estimate of drug-likeness (QED) is 0.872. The predicted octanol–water partition coefficient (Wildman–Crippen LogP) is 3.43. The molecule has 1 heterocycles. The van der Waals surface area contributed by atoms with E-state index in [0.717, 1.165) is 42.5 Å². The minimum atomic E-state index is -0.403. The molecule has 0 aliphatic carbocycles. The predicted molar refractivity (Wildman–Crippen MR) is 77.0 cm³/mol.